The summed E-state index contributed by atoms with van der Waals surface area (Å²) < 4.78 is 7.63. The van der Waals surface area contributed by atoms with Crippen LogP contribution in [0.1, 0.15) is 94.5 Å². The van der Waals surface area contributed by atoms with Gasteiger partial charge in [0.1, 0.15) is 17.5 Å². The number of pyridine rings is 2. The van der Waals surface area contributed by atoms with Gasteiger partial charge < -0.3 is 20.3 Å². The van der Waals surface area contributed by atoms with Crippen molar-refractivity contribution in [2.75, 3.05) is 68.0 Å². The summed E-state index contributed by atoms with van der Waals surface area (Å²) in [5.74, 6) is -1.44. The van der Waals surface area contributed by atoms with Gasteiger partial charge in [0.25, 0.3) is 17.4 Å². The number of piperazine rings is 1. The van der Waals surface area contributed by atoms with Crippen molar-refractivity contribution in [2.24, 2.45) is 0 Å². The molecule has 4 aromatic rings. The number of amides is 4. The summed E-state index contributed by atoms with van der Waals surface area (Å²) in [5.41, 5.74) is 3.10. The van der Waals surface area contributed by atoms with Gasteiger partial charge in [-0.05, 0) is 69.4 Å². The number of benzene rings is 1. The Morgan fingerprint density at radius 3 is 2.46 bits per heavy atom. The highest BCUT2D eigenvalue weighted by molar-refractivity contribution is 6.25. The lowest BCUT2D eigenvalue weighted by Gasteiger charge is -2.35. The van der Waals surface area contributed by atoms with Crippen molar-refractivity contribution >= 4 is 63.6 Å². The van der Waals surface area contributed by atoms with Crippen LogP contribution < -0.4 is 26.4 Å². The fourth-order valence-corrected chi connectivity index (χ4v) is 8.66. The van der Waals surface area contributed by atoms with E-state index in [0.717, 1.165) is 69.0 Å². The summed E-state index contributed by atoms with van der Waals surface area (Å²) in [6.07, 6.45) is 8.20. The molecule has 3 fully saturated rings. The molecule has 2 saturated heterocycles. The highest BCUT2D eigenvalue weighted by Crippen LogP contribution is 2.34. The fraction of sp³-hybridized carbons (Fsp3) is 0.452. The average molecular weight is 805 g/mol. The summed E-state index contributed by atoms with van der Waals surface area (Å²) in [7, 11) is 0. The zero-order valence-corrected chi connectivity index (χ0v) is 33.3. The van der Waals surface area contributed by atoms with Crippen LogP contribution in [0.25, 0.3) is 11.0 Å². The predicted octanol–water partition coefficient (Wildman–Crippen LogP) is 3.60. The number of carbonyl (C=O) groups excluding carboxylic acids is 5. The van der Waals surface area contributed by atoms with Crippen molar-refractivity contribution in [1.82, 2.24) is 34.6 Å². The Balaban J connectivity index is 0.775. The van der Waals surface area contributed by atoms with E-state index in [0.29, 0.717) is 60.2 Å². The van der Waals surface area contributed by atoms with Crippen LogP contribution in [0.15, 0.2) is 47.5 Å². The van der Waals surface area contributed by atoms with Gasteiger partial charge in [-0.25, -0.2) is 9.97 Å². The third-order valence-electron chi connectivity index (χ3n) is 11.8. The molecule has 1 aromatic carbocycles. The van der Waals surface area contributed by atoms with Gasteiger partial charge in [0.15, 0.2) is 5.78 Å². The maximum absolute atomic E-state index is 13.5. The van der Waals surface area contributed by atoms with Crippen LogP contribution in [0.3, 0.4) is 0 Å². The second kappa shape index (κ2) is 17.0. The second-order valence-electron chi connectivity index (χ2n) is 15.5. The van der Waals surface area contributed by atoms with E-state index in [9.17, 15) is 28.8 Å². The number of rotatable bonds is 14. The molecule has 8 rings (SSSR count). The number of ether oxygens (including phenoxy) is 1. The number of nitrogens with one attached hydrogen (secondary N) is 3. The minimum Gasteiger partial charge on any atom is -0.384 e. The molecule has 17 heteroatoms. The quantitative estimate of drug-likeness (QED) is 0.0949. The second-order valence-corrected chi connectivity index (χ2v) is 15.5. The number of Topliss-reactive ketones (excluding diaryl/α,β-unsaturated/α-hetero) is 1. The molecule has 3 aromatic heterocycles. The summed E-state index contributed by atoms with van der Waals surface area (Å²) in [6, 6.07) is 7.94. The first-order chi connectivity index (χ1) is 28.6. The zero-order valence-electron chi connectivity index (χ0n) is 33.3. The van der Waals surface area contributed by atoms with Crippen LogP contribution in [0.5, 0.6) is 0 Å². The molecule has 3 aliphatic heterocycles. The van der Waals surface area contributed by atoms with Crippen LogP contribution in [-0.4, -0.2) is 117 Å². The normalized spacial score (nSPS) is 18.8. The van der Waals surface area contributed by atoms with Gasteiger partial charge >= 0.3 is 0 Å². The van der Waals surface area contributed by atoms with Crippen molar-refractivity contribution in [3.63, 3.8) is 0 Å². The molecule has 1 unspecified atom stereocenters. The minimum atomic E-state index is -1.00. The first-order valence-corrected chi connectivity index (χ1v) is 20.4. The lowest BCUT2D eigenvalue weighted by molar-refractivity contribution is -0.136. The van der Waals surface area contributed by atoms with E-state index in [4.69, 9.17) is 9.72 Å². The molecule has 0 bridgehead atoms. The monoisotopic (exact) mass is 804 g/mol. The number of fused-ring (bicyclic) bond motifs is 2. The van der Waals surface area contributed by atoms with E-state index in [-0.39, 0.29) is 46.9 Å². The molecular weight excluding hydrogens is 757 g/mol. The van der Waals surface area contributed by atoms with Gasteiger partial charge in [-0.15, -0.1) is 0 Å². The molecule has 4 aliphatic rings. The van der Waals surface area contributed by atoms with Crippen LogP contribution in [0, 0.1) is 6.92 Å². The topological polar surface area (TPSA) is 201 Å². The number of carbonyl (C=O) groups is 5. The molecule has 17 nitrogen and oxygen atoms in total. The van der Waals surface area contributed by atoms with E-state index >= 15 is 0 Å². The number of aryl methyl sites for hydroxylation is 1. The van der Waals surface area contributed by atoms with E-state index in [1.807, 2.05) is 18.3 Å². The summed E-state index contributed by atoms with van der Waals surface area (Å²) in [5, 5.41) is 9.37. The highest BCUT2D eigenvalue weighted by Gasteiger charge is 2.45. The summed E-state index contributed by atoms with van der Waals surface area (Å²) in [4.78, 5) is 95.9. The molecule has 4 amide bonds. The smallest absolute Gasteiger partial charge is 0.264 e. The SMILES string of the molecule is CC(=O)c1c(C)c2cnc(Nc3ccc(N4CCN(CCOCCCNc5cccc6c5C(=O)N(C5CCC(=O)NC5=O)C6=O)CC4)cn3)nc2n(C2CCCC2)c1=O. The first kappa shape index (κ1) is 39.7. The van der Waals surface area contributed by atoms with Gasteiger partial charge in [-0.1, -0.05) is 18.9 Å². The molecule has 0 spiro atoms. The summed E-state index contributed by atoms with van der Waals surface area (Å²) >= 11 is 0. The van der Waals surface area contributed by atoms with Gasteiger partial charge in [0.2, 0.25) is 17.8 Å². The molecule has 1 saturated carbocycles. The van der Waals surface area contributed by atoms with Crippen molar-refractivity contribution in [3.8, 4) is 0 Å². The molecule has 0 radical (unpaired) electrons. The maximum atomic E-state index is 13.5. The Kier molecular flexibility index (Phi) is 11.5. The lowest BCUT2D eigenvalue weighted by Crippen LogP contribution is -2.54. The number of hydrogen-bond donors (Lipinski definition) is 3. The Labute approximate surface area is 340 Å². The Morgan fingerprint density at radius 2 is 1.73 bits per heavy atom. The Hall–Kier alpha value is -6.07. The maximum Gasteiger partial charge on any atom is 0.264 e. The van der Waals surface area contributed by atoms with Gasteiger partial charge in [-0.3, -0.25) is 48.5 Å². The number of ketones is 1. The van der Waals surface area contributed by atoms with Crippen LogP contribution in [0.4, 0.5) is 23.1 Å². The predicted molar refractivity (Wildman–Crippen MR) is 219 cm³/mol. The first-order valence-electron chi connectivity index (χ1n) is 20.4. The van der Waals surface area contributed by atoms with E-state index < -0.39 is 29.7 Å². The molecule has 6 heterocycles. The highest BCUT2D eigenvalue weighted by atomic mass is 16.5. The van der Waals surface area contributed by atoms with Crippen molar-refractivity contribution in [2.45, 2.75) is 70.9 Å². The van der Waals surface area contributed by atoms with E-state index in [2.05, 4.69) is 35.7 Å². The van der Waals surface area contributed by atoms with Gasteiger partial charge in [0, 0.05) is 75.6 Å². The van der Waals surface area contributed by atoms with Crippen molar-refractivity contribution < 1.29 is 28.7 Å². The van der Waals surface area contributed by atoms with Gasteiger partial charge in [0.05, 0.1) is 35.2 Å². The standard InChI is InChI=1S/C42H48N10O7/c1-25-30-24-45-42(48-37(30)51(27-7-3-4-8-27)40(57)35(25)26(2)53)46-33-13-11-28(23-44-33)50-18-16-49(17-19-50)20-22-59-21-6-15-43-31-10-5-9-29-36(31)41(58)52(39(29)56)32-12-14-34(54)47-38(32)55/h5,9-11,13,23-24,27,32,43H,3-4,6-8,12,14-22H2,1-2H3,(H,47,54,55)(H,44,45,46,48). The van der Waals surface area contributed by atoms with Crippen molar-refractivity contribution in [3.05, 3.63) is 75.3 Å². The molecule has 308 valence electrons. The van der Waals surface area contributed by atoms with Crippen molar-refractivity contribution in [1.29, 1.82) is 0 Å². The Morgan fingerprint density at radius 1 is 0.932 bits per heavy atom. The number of piperidine rings is 1. The number of anilines is 4. The molecule has 1 aliphatic carbocycles. The van der Waals surface area contributed by atoms with Crippen LogP contribution in [-0.2, 0) is 14.3 Å². The summed E-state index contributed by atoms with van der Waals surface area (Å²) in [6.45, 7) is 9.09. The molecular formula is C42H48N10O7. The third kappa shape index (κ3) is 8.04. The molecule has 59 heavy (non-hydrogen) atoms. The van der Waals surface area contributed by atoms with Gasteiger partial charge in [-0.2, -0.15) is 4.98 Å². The van der Waals surface area contributed by atoms with E-state index in [1.54, 1.807) is 35.9 Å². The lowest BCUT2D eigenvalue weighted by atomic mass is 10.0. The number of aromatic nitrogens is 4. The average Bonchev–Trinajstić information content (AvgIpc) is 3.84. The fourth-order valence-electron chi connectivity index (χ4n) is 8.66. The zero-order chi connectivity index (χ0) is 41.2. The number of nitrogens with zero attached hydrogens (tertiary/aromatic N) is 7. The molecule has 3 N–H and O–H groups in total. The number of imide groups is 2. The van der Waals surface area contributed by atoms with E-state index in [1.165, 1.54) is 6.92 Å². The third-order valence-corrected chi connectivity index (χ3v) is 11.8. The number of hydrogen-bond acceptors (Lipinski definition) is 14. The van der Waals surface area contributed by atoms with Crippen LogP contribution in [0.2, 0.25) is 0 Å². The minimum absolute atomic E-state index is 0.00191. The molecule has 1 atom stereocenters. The largest absolute Gasteiger partial charge is 0.384 e. The Bertz CT molecular complexity index is 2370. The van der Waals surface area contributed by atoms with Crippen LogP contribution >= 0.6 is 0 Å².